The lowest BCUT2D eigenvalue weighted by atomic mass is 9.80. The number of pyridine rings is 1. The van der Waals surface area contributed by atoms with Crippen molar-refractivity contribution in [2.45, 2.75) is 18.3 Å². The Balaban J connectivity index is 1.70. The molecule has 0 fully saturated rings. The van der Waals surface area contributed by atoms with E-state index in [1.807, 2.05) is 12.4 Å². The number of rotatable bonds is 1. The summed E-state index contributed by atoms with van der Waals surface area (Å²) in [5.41, 5.74) is 4.55. The molecule has 1 aromatic carbocycles. The zero-order chi connectivity index (χ0) is 15.4. The summed E-state index contributed by atoms with van der Waals surface area (Å²) in [6.45, 7) is 0.919. The van der Waals surface area contributed by atoms with Crippen LogP contribution >= 0.6 is 11.6 Å². The highest BCUT2D eigenvalue weighted by atomic mass is 35.5. The lowest BCUT2D eigenvalue weighted by Gasteiger charge is -2.24. The summed E-state index contributed by atoms with van der Waals surface area (Å²) < 4.78 is 0. The summed E-state index contributed by atoms with van der Waals surface area (Å²) in [4.78, 5) is 7.88. The monoisotopic (exact) mass is 321 g/mol. The lowest BCUT2D eigenvalue weighted by Crippen LogP contribution is -2.25. The van der Waals surface area contributed by atoms with Gasteiger partial charge in [-0.3, -0.25) is 0 Å². The second kappa shape index (κ2) is 4.62. The Kier molecular flexibility index (Phi) is 2.65. The molecule has 0 saturated heterocycles. The van der Waals surface area contributed by atoms with Crippen LogP contribution in [0.4, 0.5) is 5.82 Å². The van der Waals surface area contributed by atoms with Crippen molar-refractivity contribution in [1.82, 2.24) is 9.97 Å². The fraction of sp³-hybridized carbons (Fsp3) is 0.211. The minimum absolute atomic E-state index is 0.0909. The molecular formula is C19H16ClN3. The van der Waals surface area contributed by atoms with Crippen molar-refractivity contribution in [1.29, 1.82) is 0 Å². The van der Waals surface area contributed by atoms with E-state index >= 15 is 0 Å². The van der Waals surface area contributed by atoms with Crippen LogP contribution in [0.15, 0.2) is 48.8 Å². The van der Waals surface area contributed by atoms with Crippen molar-refractivity contribution in [3.8, 4) is 11.1 Å². The topological polar surface area (TPSA) is 40.7 Å². The van der Waals surface area contributed by atoms with E-state index in [-0.39, 0.29) is 5.41 Å². The number of fused-ring (bicyclic) bond motifs is 3. The van der Waals surface area contributed by atoms with Crippen molar-refractivity contribution >= 4 is 28.3 Å². The van der Waals surface area contributed by atoms with Crippen LogP contribution in [0.1, 0.15) is 18.4 Å². The Hall–Kier alpha value is -2.26. The zero-order valence-corrected chi connectivity index (χ0v) is 13.3. The van der Waals surface area contributed by atoms with E-state index in [4.69, 9.17) is 11.6 Å². The van der Waals surface area contributed by atoms with Crippen LogP contribution in [-0.4, -0.2) is 16.5 Å². The van der Waals surface area contributed by atoms with Gasteiger partial charge in [0, 0.05) is 41.0 Å². The van der Waals surface area contributed by atoms with Gasteiger partial charge in [-0.1, -0.05) is 29.8 Å². The highest BCUT2D eigenvalue weighted by molar-refractivity contribution is 6.34. The van der Waals surface area contributed by atoms with Gasteiger partial charge < -0.3 is 10.3 Å². The standard InChI is InChI=1S/C19H16ClN3/c20-17-14(12-3-4-15-13(9-12)5-8-21-15)10-22-18-16(17)19(11-23-18)6-1-2-7-19/h1-5,8-10,21H,6-7,11H2,(H,22,23). The number of aromatic amines is 1. The van der Waals surface area contributed by atoms with Gasteiger partial charge in [-0.25, -0.2) is 4.98 Å². The second-order valence-electron chi connectivity index (χ2n) is 6.50. The predicted molar refractivity (Wildman–Crippen MR) is 95.1 cm³/mol. The second-order valence-corrected chi connectivity index (χ2v) is 6.88. The average molecular weight is 322 g/mol. The zero-order valence-electron chi connectivity index (χ0n) is 12.6. The van der Waals surface area contributed by atoms with Crippen molar-refractivity contribution in [3.05, 3.63) is 59.4 Å². The Bertz CT molecular complexity index is 946. The third-order valence-corrected chi connectivity index (χ3v) is 5.58. The SMILES string of the molecule is Clc1c(-c2ccc3[nH]ccc3c2)cnc2c1C1(CC=CC1)CN2. The van der Waals surface area contributed by atoms with E-state index in [2.05, 4.69) is 51.7 Å². The van der Waals surface area contributed by atoms with Gasteiger partial charge in [-0.15, -0.1) is 0 Å². The summed E-state index contributed by atoms with van der Waals surface area (Å²) in [6.07, 6.45) is 10.4. The number of nitrogens with one attached hydrogen (secondary N) is 2. The minimum atomic E-state index is 0.0909. The van der Waals surface area contributed by atoms with Gasteiger partial charge in [-0.05, 0) is 42.0 Å². The van der Waals surface area contributed by atoms with Crippen LogP contribution in [0.25, 0.3) is 22.0 Å². The van der Waals surface area contributed by atoms with Crippen LogP contribution in [0, 0.1) is 0 Å². The van der Waals surface area contributed by atoms with E-state index in [1.165, 1.54) is 10.9 Å². The molecule has 1 aliphatic heterocycles. The number of hydrogen-bond acceptors (Lipinski definition) is 2. The molecule has 3 nitrogen and oxygen atoms in total. The summed E-state index contributed by atoms with van der Waals surface area (Å²) in [7, 11) is 0. The number of hydrogen-bond donors (Lipinski definition) is 2. The van der Waals surface area contributed by atoms with Gasteiger partial charge in [0.1, 0.15) is 5.82 Å². The highest BCUT2D eigenvalue weighted by Gasteiger charge is 2.42. The summed E-state index contributed by atoms with van der Waals surface area (Å²) >= 11 is 6.87. The van der Waals surface area contributed by atoms with Gasteiger partial charge in [-0.2, -0.15) is 0 Å². The number of halogens is 1. The number of H-pyrrole nitrogens is 1. The first-order chi connectivity index (χ1) is 11.3. The Labute approximate surface area is 139 Å². The molecule has 5 rings (SSSR count). The fourth-order valence-corrected chi connectivity index (χ4v) is 4.37. The quantitative estimate of drug-likeness (QED) is 0.626. The van der Waals surface area contributed by atoms with E-state index < -0.39 is 0 Å². The molecule has 0 radical (unpaired) electrons. The van der Waals surface area contributed by atoms with Crippen LogP contribution in [0.3, 0.4) is 0 Å². The molecular weight excluding hydrogens is 306 g/mol. The van der Waals surface area contributed by atoms with Gasteiger partial charge in [0.15, 0.2) is 0 Å². The van der Waals surface area contributed by atoms with Crippen LogP contribution in [0.2, 0.25) is 5.02 Å². The molecule has 0 atom stereocenters. The third kappa shape index (κ3) is 1.80. The smallest absolute Gasteiger partial charge is 0.131 e. The van der Waals surface area contributed by atoms with Crippen LogP contribution in [-0.2, 0) is 5.41 Å². The number of allylic oxidation sites excluding steroid dienone is 2. The molecule has 0 amide bonds. The molecule has 23 heavy (non-hydrogen) atoms. The molecule has 1 spiro atoms. The fourth-order valence-electron chi connectivity index (χ4n) is 3.92. The molecule has 2 N–H and O–H groups in total. The first-order valence-electron chi connectivity index (χ1n) is 7.92. The Morgan fingerprint density at radius 1 is 1.13 bits per heavy atom. The van der Waals surface area contributed by atoms with Crippen LogP contribution < -0.4 is 5.32 Å². The van der Waals surface area contributed by atoms with Gasteiger partial charge in [0.2, 0.25) is 0 Å². The molecule has 0 saturated carbocycles. The largest absolute Gasteiger partial charge is 0.369 e. The predicted octanol–water partition coefficient (Wildman–Crippen LogP) is 4.90. The number of nitrogens with zero attached hydrogens (tertiary/aromatic N) is 1. The average Bonchev–Trinajstić information content (AvgIpc) is 3.29. The van der Waals surface area contributed by atoms with E-state index in [0.717, 1.165) is 46.9 Å². The molecule has 0 unspecified atom stereocenters. The van der Waals surface area contributed by atoms with Crippen molar-refractivity contribution in [3.63, 3.8) is 0 Å². The first kappa shape index (κ1) is 13.2. The van der Waals surface area contributed by atoms with E-state index in [9.17, 15) is 0 Å². The molecule has 4 heteroatoms. The number of benzene rings is 1. The van der Waals surface area contributed by atoms with Crippen molar-refractivity contribution in [2.75, 3.05) is 11.9 Å². The van der Waals surface area contributed by atoms with Crippen LogP contribution in [0.5, 0.6) is 0 Å². The van der Waals surface area contributed by atoms with E-state index in [1.54, 1.807) is 0 Å². The maximum atomic E-state index is 6.87. The van der Waals surface area contributed by atoms with Gasteiger partial charge >= 0.3 is 0 Å². The number of aromatic nitrogens is 2. The Morgan fingerprint density at radius 3 is 2.87 bits per heavy atom. The van der Waals surface area contributed by atoms with Crippen molar-refractivity contribution in [2.24, 2.45) is 0 Å². The van der Waals surface area contributed by atoms with Gasteiger partial charge in [0.05, 0.1) is 5.02 Å². The maximum absolute atomic E-state index is 6.87. The van der Waals surface area contributed by atoms with Gasteiger partial charge in [0.25, 0.3) is 0 Å². The van der Waals surface area contributed by atoms with E-state index in [0.29, 0.717) is 0 Å². The molecule has 1 aliphatic carbocycles. The molecule has 114 valence electrons. The molecule has 3 aromatic rings. The first-order valence-corrected chi connectivity index (χ1v) is 8.30. The minimum Gasteiger partial charge on any atom is -0.369 e. The highest BCUT2D eigenvalue weighted by Crippen LogP contribution is 2.49. The molecule has 2 aromatic heterocycles. The molecule has 3 heterocycles. The molecule has 0 bridgehead atoms. The maximum Gasteiger partial charge on any atom is 0.131 e. The number of anilines is 1. The Morgan fingerprint density at radius 2 is 2.00 bits per heavy atom. The van der Waals surface area contributed by atoms with Crippen molar-refractivity contribution < 1.29 is 0 Å². The third-order valence-electron chi connectivity index (χ3n) is 5.19. The summed E-state index contributed by atoms with van der Waals surface area (Å²) in [5, 5.41) is 5.47. The summed E-state index contributed by atoms with van der Waals surface area (Å²) in [6, 6.07) is 8.45. The lowest BCUT2D eigenvalue weighted by molar-refractivity contribution is 0.509. The summed E-state index contributed by atoms with van der Waals surface area (Å²) in [5.74, 6) is 0.949. The normalized spacial score (nSPS) is 17.8. The molecule has 2 aliphatic rings.